The molecule has 0 fully saturated rings. The molecule has 0 aliphatic carbocycles. The van der Waals surface area contributed by atoms with Gasteiger partial charge in [0.2, 0.25) is 11.1 Å². The summed E-state index contributed by atoms with van der Waals surface area (Å²) in [5.74, 6) is 0.658. The summed E-state index contributed by atoms with van der Waals surface area (Å²) in [5, 5.41) is 12.2. The first-order valence-electron chi connectivity index (χ1n) is 10.9. The van der Waals surface area contributed by atoms with Crippen LogP contribution in [0.4, 0.5) is 5.69 Å². The van der Waals surface area contributed by atoms with E-state index >= 15 is 0 Å². The number of carbonyl (C=O) groups is 1. The standard InChI is InChI=1S/C26H25N5OS/c1-16-10-13-19(14-11-16)22-23(25(32)27-21-15-17(2)9-12-18(21)3)33-26-29-28-24(31(26)30-22)20-7-5-4-6-8-20/h4-15,22-23,30H,1-3H3,(H,27,32)/t22-,23+/m0/s1. The fourth-order valence-electron chi connectivity index (χ4n) is 3.93. The number of nitrogens with one attached hydrogen (secondary N) is 2. The molecule has 2 atom stereocenters. The Labute approximate surface area is 197 Å². The van der Waals surface area contributed by atoms with Gasteiger partial charge in [-0.1, -0.05) is 84.1 Å². The Morgan fingerprint density at radius 1 is 0.939 bits per heavy atom. The Hall–Kier alpha value is -3.58. The molecule has 166 valence electrons. The van der Waals surface area contributed by atoms with Crippen molar-refractivity contribution in [1.82, 2.24) is 14.9 Å². The van der Waals surface area contributed by atoms with E-state index in [0.717, 1.165) is 33.8 Å². The van der Waals surface area contributed by atoms with Crippen LogP contribution < -0.4 is 10.7 Å². The number of thioether (sulfide) groups is 1. The molecule has 1 amide bonds. The van der Waals surface area contributed by atoms with Gasteiger partial charge in [0.25, 0.3) is 0 Å². The summed E-state index contributed by atoms with van der Waals surface area (Å²) in [6.07, 6.45) is 0. The minimum Gasteiger partial charge on any atom is -0.325 e. The zero-order valence-corrected chi connectivity index (χ0v) is 19.6. The summed E-state index contributed by atoms with van der Waals surface area (Å²) in [6.45, 7) is 6.08. The largest absolute Gasteiger partial charge is 0.325 e. The van der Waals surface area contributed by atoms with Crippen LogP contribution in [-0.4, -0.2) is 26.0 Å². The van der Waals surface area contributed by atoms with Crippen molar-refractivity contribution in [3.63, 3.8) is 0 Å². The quantitative estimate of drug-likeness (QED) is 0.439. The number of hydrogen-bond donors (Lipinski definition) is 2. The second-order valence-electron chi connectivity index (χ2n) is 8.37. The van der Waals surface area contributed by atoms with Crippen molar-refractivity contribution in [1.29, 1.82) is 0 Å². The molecule has 1 aliphatic heterocycles. The molecule has 7 heteroatoms. The first-order chi connectivity index (χ1) is 16.0. The fourth-order valence-corrected chi connectivity index (χ4v) is 5.01. The van der Waals surface area contributed by atoms with E-state index in [9.17, 15) is 4.79 Å². The molecule has 2 N–H and O–H groups in total. The maximum absolute atomic E-state index is 13.5. The van der Waals surface area contributed by atoms with Crippen LogP contribution >= 0.6 is 11.8 Å². The highest BCUT2D eigenvalue weighted by Crippen LogP contribution is 2.39. The predicted octanol–water partition coefficient (Wildman–Crippen LogP) is 5.27. The van der Waals surface area contributed by atoms with E-state index < -0.39 is 5.25 Å². The van der Waals surface area contributed by atoms with Gasteiger partial charge in [0, 0.05) is 11.3 Å². The zero-order valence-electron chi connectivity index (χ0n) is 18.7. The first-order valence-corrected chi connectivity index (χ1v) is 11.8. The summed E-state index contributed by atoms with van der Waals surface area (Å²) < 4.78 is 1.90. The van der Waals surface area contributed by atoms with E-state index in [0.29, 0.717) is 5.16 Å². The number of hydrogen-bond acceptors (Lipinski definition) is 5. The van der Waals surface area contributed by atoms with Crippen LogP contribution in [-0.2, 0) is 4.79 Å². The van der Waals surface area contributed by atoms with E-state index in [4.69, 9.17) is 0 Å². The molecule has 4 aromatic rings. The Kier molecular flexibility index (Phi) is 5.64. The number of anilines is 1. The van der Waals surface area contributed by atoms with Crippen molar-refractivity contribution in [2.24, 2.45) is 0 Å². The third-order valence-corrected chi connectivity index (χ3v) is 7.03. The van der Waals surface area contributed by atoms with E-state index in [1.807, 2.05) is 67.1 Å². The average molecular weight is 456 g/mol. The number of aryl methyl sites for hydroxylation is 3. The normalized spacial score (nSPS) is 17.2. The monoisotopic (exact) mass is 455 g/mol. The number of fused-ring (bicyclic) bond motifs is 1. The molecule has 1 aliphatic rings. The van der Waals surface area contributed by atoms with Crippen LogP contribution in [0.2, 0.25) is 0 Å². The van der Waals surface area contributed by atoms with Gasteiger partial charge in [-0.05, 0) is 43.5 Å². The third kappa shape index (κ3) is 4.24. The number of carbonyl (C=O) groups excluding carboxylic acids is 1. The van der Waals surface area contributed by atoms with Crippen LogP contribution in [0.15, 0.2) is 78.0 Å². The molecule has 0 unspecified atom stereocenters. The highest BCUT2D eigenvalue weighted by Gasteiger charge is 2.38. The summed E-state index contributed by atoms with van der Waals surface area (Å²) in [5.41, 5.74) is 9.67. The molecule has 3 aromatic carbocycles. The second-order valence-corrected chi connectivity index (χ2v) is 9.48. The smallest absolute Gasteiger partial charge is 0.240 e. The SMILES string of the molecule is Cc1ccc([C@@H]2Nn3c(nnc3-c3ccccc3)S[C@H]2C(=O)Nc2cc(C)ccc2C)cc1. The van der Waals surface area contributed by atoms with Crippen molar-refractivity contribution < 1.29 is 4.79 Å². The van der Waals surface area contributed by atoms with Gasteiger partial charge in [-0.2, -0.15) is 0 Å². The molecule has 6 nitrogen and oxygen atoms in total. The summed E-state index contributed by atoms with van der Waals surface area (Å²) >= 11 is 1.43. The van der Waals surface area contributed by atoms with Crippen LogP contribution in [0, 0.1) is 20.8 Å². The average Bonchev–Trinajstić information content (AvgIpc) is 3.25. The van der Waals surface area contributed by atoms with E-state index in [-0.39, 0.29) is 11.9 Å². The van der Waals surface area contributed by atoms with Gasteiger partial charge in [-0.25, -0.2) is 4.68 Å². The maximum Gasteiger partial charge on any atom is 0.240 e. The molecule has 33 heavy (non-hydrogen) atoms. The van der Waals surface area contributed by atoms with Crippen molar-refractivity contribution in [3.8, 4) is 11.4 Å². The Balaban J connectivity index is 1.52. The lowest BCUT2D eigenvalue weighted by molar-refractivity contribution is -0.116. The predicted molar refractivity (Wildman–Crippen MR) is 133 cm³/mol. The molecule has 0 bridgehead atoms. The number of nitrogens with zero attached hydrogens (tertiary/aromatic N) is 3. The van der Waals surface area contributed by atoms with Crippen molar-refractivity contribution >= 4 is 23.4 Å². The van der Waals surface area contributed by atoms with Gasteiger partial charge in [0.1, 0.15) is 5.25 Å². The van der Waals surface area contributed by atoms with Crippen LogP contribution in [0.3, 0.4) is 0 Å². The highest BCUT2D eigenvalue weighted by atomic mass is 32.2. The van der Waals surface area contributed by atoms with Gasteiger partial charge in [0.05, 0.1) is 6.04 Å². The molecule has 0 saturated carbocycles. The van der Waals surface area contributed by atoms with Crippen molar-refractivity contribution in [2.75, 3.05) is 10.7 Å². The Morgan fingerprint density at radius 2 is 1.67 bits per heavy atom. The number of rotatable bonds is 4. The minimum absolute atomic E-state index is 0.0673. The molecule has 0 radical (unpaired) electrons. The lowest BCUT2D eigenvalue weighted by atomic mass is 10.0. The molecule has 0 spiro atoms. The Bertz CT molecular complexity index is 1300. The second kappa shape index (κ2) is 8.75. The Morgan fingerprint density at radius 3 is 2.42 bits per heavy atom. The van der Waals surface area contributed by atoms with E-state index in [1.165, 1.54) is 17.3 Å². The maximum atomic E-state index is 13.5. The van der Waals surface area contributed by atoms with Gasteiger partial charge in [0.15, 0.2) is 5.82 Å². The molecular weight excluding hydrogens is 430 g/mol. The van der Waals surface area contributed by atoms with E-state index in [2.05, 4.69) is 52.1 Å². The fraction of sp³-hybridized carbons (Fsp3) is 0.192. The van der Waals surface area contributed by atoms with E-state index in [1.54, 1.807) is 0 Å². The van der Waals surface area contributed by atoms with Gasteiger partial charge < -0.3 is 10.7 Å². The zero-order chi connectivity index (χ0) is 22.9. The van der Waals surface area contributed by atoms with Crippen molar-refractivity contribution in [3.05, 3.63) is 95.1 Å². The summed E-state index contributed by atoms with van der Waals surface area (Å²) in [7, 11) is 0. The van der Waals surface area contributed by atoms with Gasteiger partial charge >= 0.3 is 0 Å². The third-order valence-electron chi connectivity index (χ3n) is 5.81. The summed E-state index contributed by atoms with van der Waals surface area (Å²) in [6, 6.07) is 24.0. The van der Waals surface area contributed by atoms with Crippen LogP contribution in [0.25, 0.3) is 11.4 Å². The molecular formula is C26H25N5OS. The topological polar surface area (TPSA) is 71.8 Å². The number of benzene rings is 3. The molecule has 0 saturated heterocycles. The molecule has 2 heterocycles. The number of aromatic nitrogens is 3. The van der Waals surface area contributed by atoms with Crippen LogP contribution in [0.5, 0.6) is 0 Å². The first kappa shape index (κ1) is 21.3. The lowest BCUT2D eigenvalue weighted by Gasteiger charge is -2.33. The minimum atomic E-state index is -0.423. The molecule has 1 aromatic heterocycles. The van der Waals surface area contributed by atoms with Crippen molar-refractivity contribution in [2.45, 2.75) is 37.2 Å². The molecule has 5 rings (SSSR count). The number of amides is 1. The van der Waals surface area contributed by atoms with Gasteiger partial charge in [-0.3, -0.25) is 4.79 Å². The van der Waals surface area contributed by atoms with Gasteiger partial charge in [-0.15, -0.1) is 10.2 Å². The highest BCUT2D eigenvalue weighted by molar-refractivity contribution is 8.00. The van der Waals surface area contributed by atoms with Crippen LogP contribution in [0.1, 0.15) is 28.3 Å². The lowest BCUT2D eigenvalue weighted by Crippen LogP contribution is -2.41. The summed E-state index contributed by atoms with van der Waals surface area (Å²) in [4.78, 5) is 13.5.